The lowest BCUT2D eigenvalue weighted by molar-refractivity contribution is -0.385. The standard InChI is InChI=1S/C10H14N2O2/c1-6(2)9-5-8(12(13)14)4-7(3)10(9)11/h4-6H,11H2,1-3H3. The molecule has 4 nitrogen and oxygen atoms in total. The first-order valence-corrected chi connectivity index (χ1v) is 4.48. The zero-order valence-electron chi connectivity index (χ0n) is 8.57. The van der Waals surface area contributed by atoms with Crippen molar-refractivity contribution in [2.45, 2.75) is 26.7 Å². The molecule has 0 saturated carbocycles. The smallest absolute Gasteiger partial charge is 0.270 e. The van der Waals surface area contributed by atoms with E-state index in [0.717, 1.165) is 11.1 Å². The molecule has 1 rings (SSSR count). The highest BCUT2D eigenvalue weighted by Crippen LogP contribution is 2.29. The van der Waals surface area contributed by atoms with Crippen LogP contribution in [0.15, 0.2) is 12.1 Å². The first kappa shape index (κ1) is 10.5. The molecule has 1 aromatic rings. The third-order valence-corrected chi connectivity index (χ3v) is 2.24. The highest BCUT2D eigenvalue weighted by Gasteiger charge is 2.14. The van der Waals surface area contributed by atoms with Crippen molar-refractivity contribution >= 4 is 11.4 Å². The number of nitro benzene ring substituents is 1. The summed E-state index contributed by atoms with van der Waals surface area (Å²) in [6.45, 7) is 5.72. The summed E-state index contributed by atoms with van der Waals surface area (Å²) in [6, 6.07) is 3.05. The van der Waals surface area contributed by atoms with Crippen LogP contribution in [0.25, 0.3) is 0 Å². The van der Waals surface area contributed by atoms with Crippen molar-refractivity contribution in [2.75, 3.05) is 5.73 Å². The van der Waals surface area contributed by atoms with Crippen molar-refractivity contribution in [3.8, 4) is 0 Å². The van der Waals surface area contributed by atoms with Gasteiger partial charge < -0.3 is 5.73 Å². The first-order chi connectivity index (χ1) is 6.43. The van der Waals surface area contributed by atoms with Crippen molar-refractivity contribution in [1.29, 1.82) is 0 Å². The normalized spacial score (nSPS) is 10.6. The minimum absolute atomic E-state index is 0.111. The van der Waals surface area contributed by atoms with Gasteiger partial charge in [0.2, 0.25) is 0 Å². The Hall–Kier alpha value is -1.58. The van der Waals surface area contributed by atoms with E-state index in [1.165, 1.54) is 6.07 Å². The quantitative estimate of drug-likeness (QED) is 0.447. The van der Waals surface area contributed by atoms with E-state index in [2.05, 4.69) is 0 Å². The maximum absolute atomic E-state index is 10.6. The van der Waals surface area contributed by atoms with Crippen LogP contribution in [0.5, 0.6) is 0 Å². The van der Waals surface area contributed by atoms with E-state index in [1.54, 1.807) is 13.0 Å². The van der Waals surface area contributed by atoms with Crippen molar-refractivity contribution < 1.29 is 4.92 Å². The molecule has 0 aliphatic heterocycles. The average molecular weight is 194 g/mol. The van der Waals surface area contributed by atoms with Gasteiger partial charge in [0, 0.05) is 17.8 Å². The SMILES string of the molecule is Cc1cc([N+](=O)[O-])cc(C(C)C)c1N. The van der Waals surface area contributed by atoms with E-state index >= 15 is 0 Å². The highest BCUT2D eigenvalue weighted by molar-refractivity contribution is 5.59. The fourth-order valence-corrected chi connectivity index (χ4v) is 1.39. The molecule has 4 heteroatoms. The highest BCUT2D eigenvalue weighted by atomic mass is 16.6. The summed E-state index contributed by atoms with van der Waals surface area (Å²) < 4.78 is 0. The number of nitrogen functional groups attached to an aromatic ring is 1. The molecule has 0 saturated heterocycles. The Morgan fingerprint density at radius 1 is 1.43 bits per heavy atom. The van der Waals surface area contributed by atoms with Crippen LogP contribution in [0.2, 0.25) is 0 Å². The van der Waals surface area contributed by atoms with Crippen LogP contribution < -0.4 is 5.73 Å². The van der Waals surface area contributed by atoms with Crippen molar-refractivity contribution in [3.05, 3.63) is 33.4 Å². The van der Waals surface area contributed by atoms with Gasteiger partial charge in [0.25, 0.3) is 5.69 Å². The molecule has 1 aromatic carbocycles. The van der Waals surface area contributed by atoms with Crippen molar-refractivity contribution in [1.82, 2.24) is 0 Å². The number of benzene rings is 1. The van der Waals surface area contributed by atoms with Gasteiger partial charge in [0.15, 0.2) is 0 Å². The van der Waals surface area contributed by atoms with Crippen LogP contribution in [0.1, 0.15) is 30.9 Å². The molecule has 0 radical (unpaired) electrons. The van der Waals surface area contributed by atoms with Gasteiger partial charge in [0.1, 0.15) is 0 Å². The minimum Gasteiger partial charge on any atom is -0.398 e. The van der Waals surface area contributed by atoms with Gasteiger partial charge >= 0.3 is 0 Å². The Labute approximate surface area is 82.9 Å². The molecule has 0 aliphatic rings. The van der Waals surface area contributed by atoms with Gasteiger partial charge in [-0.05, 0) is 24.0 Å². The lowest BCUT2D eigenvalue weighted by Gasteiger charge is -2.11. The number of nitrogens with two attached hydrogens (primary N) is 1. The summed E-state index contributed by atoms with van der Waals surface area (Å²) in [5.41, 5.74) is 8.21. The van der Waals surface area contributed by atoms with Crippen molar-refractivity contribution in [2.24, 2.45) is 0 Å². The van der Waals surface area contributed by atoms with Gasteiger partial charge in [-0.1, -0.05) is 13.8 Å². The van der Waals surface area contributed by atoms with Gasteiger partial charge in [0.05, 0.1) is 4.92 Å². The number of hydrogen-bond donors (Lipinski definition) is 1. The van der Waals surface area contributed by atoms with Crippen LogP contribution in [-0.2, 0) is 0 Å². The molecule has 14 heavy (non-hydrogen) atoms. The Morgan fingerprint density at radius 3 is 2.43 bits per heavy atom. The first-order valence-electron chi connectivity index (χ1n) is 4.48. The largest absolute Gasteiger partial charge is 0.398 e. The molecule has 76 valence electrons. The summed E-state index contributed by atoms with van der Waals surface area (Å²) in [6.07, 6.45) is 0. The van der Waals surface area contributed by atoms with Crippen LogP contribution in [-0.4, -0.2) is 4.92 Å². The van der Waals surface area contributed by atoms with Gasteiger partial charge in [-0.25, -0.2) is 0 Å². The second-order valence-electron chi connectivity index (χ2n) is 3.68. The molecule has 0 amide bonds. The molecular weight excluding hydrogens is 180 g/mol. The molecule has 0 heterocycles. The molecular formula is C10H14N2O2. The zero-order chi connectivity index (χ0) is 10.9. The van der Waals surface area contributed by atoms with Gasteiger partial charge in [-0.15, -0.1) is 0 Å². The fourth-order valence-electron chi connectivity index (χ4n) is 1.39. The maximum Gasteiger partial charge on any atom is 0.270 e. The average Bonchev–Trinajstić information content (AvgIpc) is 2.08. The van der Waals surface area contributed by atoms with Crippen molar-refractivity contribution in [3.63, 3.8) is 0 Å². The number of anilines is 1. The molecule has 0 atom stereocenters. The minimum atomic E-state index is -0.391. The number of non-ortho nitro benzene ring substituents is 1. The van der Waals surface area contributed by atoms with Gasteiger partial charge in [-0.3, -0.25) is 10.1 Å². The second kappa shape index (κ2) is 3.65. The summed E-state index contributed by atoms with van der Waals surface area (Å²) in [5.74, 6) is 0.202. The number of nitrogens with zero attached hydrogens (tertiary/aromatic N) is 1. The maximum atomic E-state index is 10.6. The van der Waals surface area contributed by atoms with E-state index in [0.29, 0.717) is 5.69 Å². The van der Waals surface area contributed by atoms with Crippen LogP contribution in [0.4, 0.5) is 11.4 Å². The monoisotopic (exact) mass is 194 g/mol. The predicted octanol–water partition coefficient (Wildman–Crippen LogP) is 2.61. The number of aryl methyl sites for hydroxylation is 1. The molecule has 0 aliphatic carbocycles. The van der Waals surface area contributed by atoms with Crippen LogP contribution >= 0.6 is 0 Å². The Balaban J connectivity index is 3.35. The lowest BCUT2D eigenvalue weighted by atomic mass is 9.98. The zero-order valence-corrected chi connectivity index (χ0v) is 8.57. The Morgan fingerprint density at radius 2 is 2.00 bits per heavy atom. The van der Waals surface area contributed by atoms with Crippen LogP contribution in [0.3, 0.4) is 0 Å². The summed E-state index contributed by atoms with van der Waals surface area (Å²) in [7, 11) is 0. The molecule has 2 N–H and O–H groups in total. The lowest BCUT2D eigenvalue weighted by Crippen LogP contribution is -2.01. The summed E-state index contributed by atoms with van der Waals surface area (Å²) >= 11 is 0. The van der Waals surface area contributed by atoms with E-state index in [1.807, 2.05) is 13.8 Å². The summed E-state index contributed by atoms with van der Waals surface area (Å²) in [4.78, 5) is 10.2. The number of nitro groups is 1. The van der Waals surface area contributed by atoms with Gasteiger partial charge in [-0.2, -0.15) is 0 Å². The van der Waals surface area contributed by atoms with E-state index < -0.39 is 4.92 Å². The molecule has 0 bridgehead atoms. The molecule has 0 fully saturated rings. The fraction of sp³-hybridized carbons (Fsp3) is 0.400. The Kier molecular flexibility index (Phi) is 2.74. The third kappa shape index (κ3) is 1.84. The topological polar surface area (TPSA) is 69.2 Å². The van der Waals surface area contributed by atoms with E-state index in [4.69, 9.17) is 5.73 Å². The number of hydrogen-bond acceptors (Lipinski definition) is 3. The second-order valence-corrected chi connectivity index (χ2v) is 3.68. The number of rotatable bonds is 2. The molecule has 0 spiro atoms. The molecule has 0 unspecified atom stereocenters. The van der Waals surface area contributed by atoms with E-state index in [-0.39, 0.29) is 11.6 Å². The molecule has 0 aromatic heterocycles. The third-order valence-electron chi connectivity index (χ3n) is 2.24. The van der Waals surface area contributed by atoms with E-state index in [9.17, 15) is 10.1 Å². The Bertz CT molecular complexity index is 373. The predicted molar refractivity (Wildman–Crippen MR) is 56.3 cm³/mol. The van der Waals surface area contributed by atoms with Crippen LogP contribution in [0, 0.1) is 17.0 Å². The summed E-state index contributed by atoms with van der Waals surface area (Å²) in [5, 5.41) is 10.6.